The molecule has 4 nitrogen and oxygen atoms in total. The zero-order valence-electron chi connectivity index (χ0n) is 7.07. The Morgan fingerprint density at radius 1 is 1.45 bits per heavy atom. The number of nitrogens with two attached hydrogens (primary N) is 1. The van der Waals surface area contributed by atoms with Gasteiger partial charge in [-0.05, 0) is 5.92 Å². The Balaban J connectivity index is 4.10. The van der Waals surface area contributed by atoms with Crippen molar-refractivity contribution in [2.75, 3.05) is 12.9 Å². The number of sulfonamides is 1. The molecule has 5 heteroatoms. The molecule has 0 fully saturated rings. The second-order valence-corrected chi connectivity index (χ2v) is 4.51. The molecule has 1 unspecified atom stereocenters. The zero-order valence-corrected chi connectivity index (χ0v) is 7.89. The highest BCUT2D eigenvalue weighted by molar-refractivity contribution is 7.89. The summed E-state index contributed by atoms with van der Waals surface area (Å²) in [5.41, 5.74) is 0. The molecule has 11 heavy (non-hydrogen) atoms. The molecule has 0 bridgehead atoms. The summed E-state index contributed by atoms with van der Waals surface area (Å²) >= 11 is 0. The zero-order chi connectivity index (χ0) is 9.07. The molecule has 0 saturated carbocycles. The van der Waals surface area contributed by atoms with Crippen molar-refractivity contribution in [1.82, 2.24) is 0 Å². The first-order valence-electron chi connectivity index (χ1n) is 3.40. The first-order valence-corrected chi connectivity index (χ1v) is 5.11. The number of ether oxygens (including phenoxy) is 1. The molecule has 0 aromatic carbocycles. The van der Waals surface area contributed by atoms with Crippen LogP contribution in [0.5, 0.6) is 0 Å². The SMILES string of the molecule is COC(CS(N)(=O)=O)C(C)C. The molecule has 0 aliphatic heterocycles. The Kier molecular flexibility index (Phi) is 3.99. The average molecular weight is 181 g/mol. The largest absolute Gasteiger partial charge is 0.380 e. The summed E-state index contributed by atoms with van der Waals surface area (Å²) in [5, 5.41) is 4.84. The van der Waals surface area contributed by atoms with Gasteiger partial charge >= 0.3 is 0 Å². The molecule has 0 aromatic rings. The monoisotopic (exact) mass is 181 g/mol. The van der Waals surface area contributed by atoms with Crippen LogP contribution in [-0.2, 0) is 14.8 Å². The van der Waals surface area contributed by atoms with Gasteiger partial charge in [0.1, 0.15) is 0 Å². The fourth-order valence-corrected chi connectivity index (χ4v) is 1.74. The smallest absolute Gasteiger partial charge is 0.211 e. The van der Waals surface area contributed by atoms with Gasteiger partial charge < -0.3 is 4.74 Å². The van der Waals surface area contributed by atoms with E-state index in [2.05, 4.69) is 0 Å². The van der Waals surface area contributed by atoms with Gasteiger partial charge in [-0.1, -0.05) is 13.8 Å². The van der Waals surface area contributed by atoms with Gasteiger partial charge in [-0.2, -0.15) is 0 Å². The van der Waals surface area contributed by atoms with E-state index in [-0.39, 0.29) is 17.8 Å². The van der Waals surface area contributed by atoms with Crippen LogP contribution < -0.4 is 5.14 Å². The van der Waals surface area contributed by atoms with Crippen LogP contribution in [0.2, 0.25) is 0 Å². The van der Waals surface area contributed by atoms with E-state index < -0.39 is 10.0 Å². The van der Waals surface area contributed by atoms with Crippen molar-refractivity contribution in [3.8, 4) is 0 Å². The highest BCUT2D eigenvalue weighted by atomic mass is 32.2. The van der Waals surface area contributed by atoms with Gasteiger partial charge in [0.05, 0.1) is 11.9 Å². The van der Waals surface area contributed by atoms with E-state index in [0.717, 1.165) is 0 Å². The molecule has 0 saturated heterocycles. The fraction of sp³-hybridized carbons (Fsp3) is 1.00. The Morgan fingerprint density at radius 2 is 1.91 bits per heavy atom. The number of methoxy groups -OCH3 is 1. The third-order valence-corrected chi connectivity index (χ3v) is 2.24. The van der Waals surface area contributed by atoms with Crippen molar-refractivity contribution in [2.24, 2.45) is 11.1 Å². The third kappa shape index (κ3) is 5.17. The highest BCUT2D eigenvalue weighted by Crippen LogP contribution is 2.06. The van der Waals surface area contributed by atoms with Gasteiger partial charge in [-0.15, -0.1) is 0 Å². The molecule has 68 valence electrons. The molecule has 0 aromatic heterocycles. The topological polar surface area (TPSA) is 69.4 Å². The molecule has 0 radical (unpaired) electrons. The van der Waals surface area contributed by atoms with Crippen molar-refractivity contribution in [2.45, 2.75) is 20.0 Å². The van der Waals surface area contributed by atoms with E-state index in [1.807, 2.05) is 13.8 Å². The summed E-state index contributed by atoms with van der Waals surface area (Å²) in [7, 11) is -1.92. The third-order valence-electron chi connectivity index (χ3n) is 1.44. The molecule has 0 aliphatic rings. The van der Waals surface area contributed by atoms with Crippen LogP contribution in [0.25, 0.3) is 0 Å². The molecule has 2 N–H and O–H groups in total. The molecule has 0 amide bonds. The van der Waals surface area contributed by atoms with Crippen LogP contribution in [0.4, 0.5) is 0 Å². The normalized spacial score (nSPS) is 15.4. The summed E-state index contributed by atoms with van der Waals surface area (Å²) in [6.45, 7) is 3.78. The van der Waals surface area contributed by atoms with Gasteiger partial charge in [0.15, 0.2) is 0 Å². The van der Waals surface area contributed by atoms with Gasteiger partial charge in [-0.25, -0.2) is 13.6 Å². The lowest BCUT2D eigenvalue weighted by Crippen LogP contribution is -2.31. The predicted octanol–water partition coefficient (Wildman–Crippen LogP) is -0.0541. The Bertz CT molecular complexity index is 198. The summed E-state index contributed by atoms with van der Waals surface area (Å²) in [6, 6.07) is 0. The van der Waals surface area contributed by atoms with Crippen LogP contribution >= 0.6 is 0 Å². The molecule has 0 rings (SSSR count). The second kappa shape index (κ2) is 4.04. The second-order valence-electron chi connectivity index (χ2n) is 2.85. The van der Waals surface area contributed by atoms with E-state index in [4.69, 9.17) is 9.88 Å². The Labute approximate surface area is 67.8 Å². The summed E-state index contributed by atoms with van der Waals surface area (Å²) in [4.78, 5) is 0. The minimum atomic E-state index is -3.41. The summed E-state index contributed by atoms with van der Waals surface area (Å²) in [5.74, 6) is 0.0552. The highest BCUT2D eigenvalue weighted by Gasteiger charge is 2.18. The van der Waals surface area contributed by atoms with Crippen LogP contribution in [0.3, 0.4) is 0 Å². The number of hydrogen-bond donors (Lipinski definition) is 1. The molecular formula is C6H15NO3S. The van der Waals surface area contributed by atoms with Gasteiger partial charge in [0.25, 0.3) is 0 Å². The maximum absolute atomic E-state index is 10.6. The Morgan fingerprint density at radius 3 is 2.00 bits per heavy atom. The fourth-order valence-electron chi connectivity index (χ4n) is 0.762. The lowest BCUT2D eigenvalue weighted by Gasteiger charge is -2.17. The number of rotatable bonds is 4. The van der Waals surface area contributed by atoms with Crippen molar-refractivity contribution in [3.63, 3.8) is 0 Å². The lowest BCUT2D eigenvalue weighted by molar-refractivity contribution is 0.0828. The van der Waals surface area contributed by atoms with Crippen LogP contribution in [0, 0.1) is 5.92 Å². The summed E-state index contributed by atoms with van der Waals surface area (Å²) < 4.78 is 26.1. The van der Waals surface area contributed by atoms with Crippen molar-refractivity contribution in [1.29, 1.82) is 0 Å². The summed E-state index contributed by atoms with van der Waals surface area (Å²) in [6.07, 6.45) is -0.301. The number of primary sulfonamides is 1. The Hall–Kier alpha value is -0.130. The lowest BCUT2D eigenvalue weighted by atomic mass is 10.1. The van der Waals surface area contributed by atoms with E-state index in [0.29, 0.717) is 0 Å². The molecule has 0 spiro atoms. The van der Waals surface area contributed by atoms with Crippen molar-refractivity contribution < 1.29 is 13.2 Å². The minimum absolute atomic E-state index is 0.110. The molecule has 1 atom stereocenters. The average Bonchev–Trinajstić information content (AvgIpc) is 1.80. The maximum atomic E-state index is 10.6. The van der Waals surface area contributed by atoms with Crippen molar-refractivity contribution in [3.05, 3.63) is 0 Å². The van der Waals surface area contributed by atoms with Crippen LogP contribution in [0.1, 0.15) is 13.8 Å². The minimum Gasteiger partial charge on any atom is -0.380 e. The van der Waals surface area contributed by atoms with Gasteiger partial charge in [-0.3, -0.25) is 0 Å². The molecule has 0 heterocycles. The first-order chi connectivity index (χ1) is 4.87. The van der Waals surface area contributed by atoms with E-state index in [1.165, 1.54) is 7.11 Å². The quantitative estimate of drug-likeness (QED) is 0.661. The maximum Gasteiger partial charge on any atom is 0.211 e. The standard InChI is InChI=1S/C6H15NO3S/c1-5(2)6(10-3)4-11(7,8)9/h5-6H,4H2,1-3H3,(H2,7,8,9). The van der Waals surface area contributed by atoms with E-state index >= 15 is 0 Å². The van der Waals surface area contributed by atoms with E-state index in [9.17, 15) is 8.42 Å². The molecule has 0 aliphatic carbocycles. The predicted molar refractivity (Wildman–Crippen MR) is 43.6 cm³/mol. The van der Waals surface area contributed by atoms with Crippen molar-refractivity contribution >= 4 is 10.0 Å². The van der Waals surface area contributed by atoms with Gasteiger partial charge in [0, 0.05) is 7.11 Å². The molecular weight excluding hydrogens is 166 g/mol. The van der Waals surface area contributed by atoms with Crippen LogP contribution in [-0.4, -0.2) is 27.4 Å². The number of hydrogen-bond acceptors (Lipinski definition) is 3. The van der Waals surface area contributed by atoms with E-state index in [1.54, 1.807) is 0 Å². The first kappa shape index (κ1) is 10.9. The van der Waals surface area contributed by atoms with Gasteiger partial charge in [0.2, 0.25) is 10.0 Å². The van der Waals surface area contributed by atoms with Crippen LogP contribution in [0.15, 0.2) is 0 Å².